The van der Waals surface area contributed by atoms with E-state index >= 15 is 0 Å². The van der Waals surface area contributed by atoms with Crippen molar-refractivity contribution >= 4 is 283 Å². The number of fused-ring (bicyclic) bond motifs is 22. The summed E-state index contributed by atoms with van der Waals surface area (Å²) in [6, 6.07) is 197. The van der Waals surface area contributed by atoms with Crippen LogP contribution in [0.2, 0.25) is 0 Å². The molecule has 24 aromatic carbocycles. The Morgan fingerprint density at radius 3 is 0.851 bits per heavy atom. The molecule has 0 saturated heterocycles. The number of thiophene rings is 4. The molecule has 28 rings (SSSR count). The third kappa shape index (κ3) is 17.4. The summed E-state index contributed by atoms with van der Waals surface area (Å²) in [5.41, 5.74) is 19.4. The van der Waals surface area contributed by atoms with E-state index in [2.05, 4.69) is 592 Å². The highest BCUT2D eigenvalue weighted by atomic mass is 79.9. The van der Waals surface area contributed by atoms with Crippen LogP contribution in [0.25, 0.3) is 147 Å². The Labute approximate surface area is 884 Å². The van der Waals surface area contributed by atoms with Gasteiger partial charge in [0.05, 0.1) is 16.4 Å². The third-order valence-corrected chi connectivity index (χ3v) is 33.0. The molecule has 6 nitrogen and oxygen atoms in total. The van der Waals surface area contributed by atoms with Crippen molar-refractivity contribution in [2.45, 2.75) is 7.43 Å². The van der Waals surface area contributed by atoms with Gasteiger partial charge in [-0.25, -0.2) is 0 Å². The maximum Gasteiger partial charge on any atom is 0.101 e. The molecule has 0 aliphatic rings. The highest BCUT2D eigenvalue weighted by molar-refractivity contribution is 9.10. The van der Waals surface area contributed by atoms with E-state index in [9.17, 15) is 0 Å². The number of rotatable bonds is 19. The Kier molecular flexibility index (Phi) is 24.9. The Bertz CT molecular complexity index is 9580. The highest BCUT2D eigenvalue weighted by Gasteiger charge is 2.28. The molecular formula is C137H95BrN6S4. The van der Waals surface area contributed by atoms with Gasteiger partial charge in [0.25, 0.3) is 0 Å². The monoisotopic (exact) mass is 2030 g/mol. The van der Waals surface area contributed by atoms with Crippen molar-refractivity contribution in [2.24, 2.45) is 0 Å². The van der Waals surface area contributed by atoms with E-state index in [4.69, 9.17) is 0 Å². The second-order valence-electron chi connectivity index (χ2n) is 36.7. The molecule has 0 aliphatic carbocycles. The Morgan fingerprint density at radius 1 is 0.182 bits per heavy atom. The number of anilines is 17. The van der Waals surface area contributed by atoms with E-state index in [0.717, 1.165) is 94.1 Å². The fraction of sp³-hybridized carbons (Fsp3) is 0.00730. The second kappa shape index (κ2) is 40.2. The largest absolute Gasteiger partial charge is 0.347 e. The maximum absolute atomic E-state index is 3.70. The molecule has 0 radical (unpaired) electrons. The Morgan fingerprint density at radius 2 is 0.466 bits per heavy atom. The first-order valence-electron chi connectivity index (χ1n) is 49.5. The van der Waals surface area contributed by atoms with Crippen LogP contribution in [0.5, 0.6) is 0 Å². The molecule has 4 aromatic heterocycles. The number of hydrogen-bond acceptors (Lipinski definition) is 10. The summed E-state index contributed by atoms with van der Waals surface area (Å²) in [6.45, 7) is 0. The van der Waals surface area contributed by atoms with Gasteiger partial charge in [0, 0.05) is 129 Å². The van der Waals surface area contributed by atoms with Crippen LogP contribution in [0.15, 0.2) is 550 Å². The summed E-state index contributed by atoms with van der Waals surface area (Å²) < 4.78 is 6.22. The van der Waals surface area contributed by atoms with Crippen molar-refractivity contribution < 1.29 is 0 Å². The van der Waals surface area contributed by atoms with E-state index in [-0.39, 0.29) is 7.43 Å². The number of benzene rings is 24. The zero-order valence-electron chi connectivity index (χ0n) is 79.7. The zero-order valence-corrected chi connectivity index (χ0v) is 84.6. The molecule has 0 aliphatic heterocycles. The number of nitrogens with zero attached hydrogens (tertiary/aromatic N) is 5. The summed E-state index contributed by atoms with van der Waals surface area (Å²) in [5.74, 6) is 0. The van der Waals surface area contributed by atoms with E-state index in [1.807, 2.05) is 34.0 Å². The van der Waals surface area contributed by atoms with Crippen LogP contribution < -0.4 is 29.8 Å². The molecule has 0 amide bonds. The van der Waals surface area contributed by atoms with Crippen LogP contribution in [0.3, 0.4) is 0 Å². The number of hydrogen-bond donors (Lipinski definition) is 1. The summed E-state index contributed by atoms with van der Waals surface area (Å²) in [5, 5.41) is 31.0. The molecular weight excluding hydrogens is 1940 g/mol. The van der Waals surface area contributed by atoms with Gasteiger partial charge in [-0.05, 0) is 316 Å². The molecule has 0 spiro atoms. The summed E-state index contributed by atoms with van der Waals surface area (Å²) in [7, 11) is 0. The van der Waals surface area contributed by atoms with E-state index in [1.165, 1.54) is 153 Å². The van der Waals surface area contributed by atoms with E-state index in [0.29, 0.717) is 0 Å². The number of nitrogens with one attached hydrogen (secondary N) is 1. The lowest BCUT2D eigenvalue weighted by Crippen LogP contribution is -2.10. The summed E-state index contributed by atoms with van der Waals surface area (Å²) >= 11 is 11.1. The fourth-order valence-electron chi connectivity index (χ4n) is 21.3. The minimum absolute atomic E-state index is 0. The van der Waals surface area contributed by atoms with Gasteiger partial charge in [0.1, 0.15) is 5.00 Å². The predicted octanol–water partition coefficient (Wildman–Crippen LogP) is 43.0. The van der Waals surface area contributed by atoms with Crippen LogP contribution >= 0.6 is 61.3 Å². The predicted molar refractivity (Wildman–Crippen MR) is 649 cm³/mol. The third-order valence-electron chi connectivity index (χ3n) is 27.9. The lowest BCUT2D eigenvalue weighted by Gasteiger charge is -2.27. The van der Waals surface area contributed by atoms with Crippen LogP contribution in [-0.2, 0) is 0 Å². The zero-order chi connectivity index (χ0) is 97.6. The van der Waals surface area contributed by atoms with Gasteiger partial charge in [-0.2, -0.15) is 0 Å². The van der Waals surface area contributed by atoms with Crippen LogP contribution in [0.1, 0.15) is 7.43 Å². The fourth-order valence-corrected chi connectivity index (χ4v) is 26.1. The average Bonchev–Trinajstić information content (AvgIpc) is 1.57. The van der Waals surface area contributed by atoms with Gasteiger partial charge in [0.15, 0.2) is 0 Å². The number of halogens is 1. The summed E-state index contributed by atoms with van der Waals surface area (Å²) in [4.78, 5) is 14.5. The first-order chi connectivity index (χ1) is 72.8. The molecule has 0 saturated carbocycles. The second-order valence-corrected chi connectivity index (χ2v) is 41.9. The summed E-state index contributed by atoms with van der Waals surface area (Å²) in [6.07, 6.45) is 0. The molecule has 0 fully saturated rings. The standard InChI is InChI=1S/C68H45N3S2.C38H26N2S2.C30H20BrN.CH4/c1-6-20-46(21-7-1)64-40-41-66(72-64)71(54-36-39-65-62(45-54)67-63(42-47-22-16-17-31-55(47)68(67)73-65)70(50-27-12-4-13-28-50)51-29-14-5-15-30-51)53-35-38-59-57-33-19-18-32-56(57)58-37-34-52(43-60(58)61(59)44-53)69(48-23-8-2-9-24-48)49-25-10-3-11-26-49;1-4-12-26(13-5-1)34-22-23-36(41-34)39-28-20-21-35-32(25-28)37-33(24-27-14-10-11-19-31(27)38(37)42-35)40(29-15-6-2-7-16-29)30-17-8-3-9-18-30;31-21-15-17-27-25-13-7-8-14-26(25)28-18-16-24(20-30(28)29(27)19-21)32(22-9-3-1-4-10-22)23-11-5-2-6-12-23;/h1-45H;1-25,39H;1-20H;1H4. The lowest BCUT2D eigenvalue weighted by molar-refractivity contribution is 1.29. The molecule has 4 heterocycles. The average molecular weight is 2030 g/mol. The molecule has 28 aromatic rings. The van der Waals surface area contributed by atoms with Crippen molar-refractivity contribution in [1.29, 1.82) is 0 Å². The molecule has 148 heavy (non-hydrogen) atoms. The quantitative estimate of drug-likeness (QED) is 0.0812. The van der Waals surface area contributed by atoms with Gasteiger partial charge in [-0.3, -0.25) is 0 Å². The van der Waals surface area contributed by atoms with Gasteiger partial charge in [-0.15, -0.1) is 45.3 Å². The minimum Gasteiger partial charge on any atom is -0.347 e. The maximum atomic E-state index is 3.70. The molecule has 0 bridgehead atoms. The first-order valence-corrected chi connectivity index (χ1v) is 53.6. The van der Waals surface area contributed by atoms with Gasteiger partial charge < -0.3 is 29.8 Å². The molecule has 0 unspecified atom stereocenters. The molecule has 704 valence electrons. The van der Waals surface area contributed by atoms with Crippen molar-refractivity contribution in [3.63, 3.8) is 0 Å². The van der Waals surface area contributed by atoms with E-state index < -0.39 is 0 Å². The Balaban J connectivity index is 0.000000128. The molecule has 0 atom stereocenters. The smallest absolute Gasteiger partial charge is 0.101 e. The molecule has 11 heteroatoms. The lowest BCUT2D eigenvalue weighted by atomic mass is 9.93. The minimum atomic E-state index is 0. The SMILES string of the molecule is Brc1ccc2c3ccccc3c3ccc(N(c4ccccc4)c4ccccc4)cc3c2c1.C.c1ccc(-c2ccc(N(c3ccc4c5ccccc5c5ccc(N(c6ccccc6)c6ccccc6)cc5c4c3)c3ccc4sc5c6ccccc6cc(N(c6ccccc6)c6ccccc6)c5c4c3)s2)cc1.c1ccc(-c2ccc(Nc3ccc4sc5c6ccccc6cc(N(c6ccccc6)c6ccccc6)c5c4c3)s2)cc1. The van der Waals surface area contributed by atoms with Crippen molar-refractivity contribution in [1.82, 2.24) is 0 Å². The normalized spacial score (nSPS) is 11.4. The van der Waals surface area contributed by atoms with Gasteiger partial charge in [0.2, 0.25) is 0 Å². The number of para-hydroxylation sites is 8. The highest BCUT2D eigenvalue weighted by Crippen LogP contribution is 2.55. The van der Waals surface area contributed by atoms with Crippen LogP contribution in [0, 0.1) is 0 Å². The van der Waals surface area contributed by atoms with Gasteiger partial charge in [-0.1, -0.05) is 351 Å². The molecule has 1 N–H and O–H groups in total. The van der Waals surface area contributed by atoms with Crippen LogP contribution in [-0.4, -0.2) is 0 Å². The van der Waals surface area contributed by atoms with Crippen LogP contribution in [0.4, 0.5) is 95.3 Å². The van der Waals surface area contributed by atoms with Crippen molar-refractivity contribution in [3.05, 3.63) is 550 Å². The first kappa shape index (κ1) is 91.7. The van der Waals surface area contributed by atoms with Gasteiger partial charge >= 0.3 is 0 Å². The Hall–Kier alpha value is -17.5. The van der Waals surface area contributed by atoms with E-state index in [1.54, 1.807) is 11.3 Å². The topological polar surface area (TPSA) is 28.2 Å². The van der Waals surface area contributed by atoms with Crippen molar-refractivity contribution in [2.75, 3.05) is 29.8 Å². The van der Waals surface area contributed by atoms with Crippen molar-refractivity contribution in [3.8, 4) is 20.9 Å².